The monoisotopic (exact) mass is 344 g/mol. The standard InChI is InChI=1S/C15H20N8O2/c1-20-13-12(14(24)21(2)15(20)25)17-11(18-13)9-22-6-3-4-10(8-22)23-7-5-16-19-23/h5,7,10H,3-4,6,8-9H2,1-2H3,(H,17,18). The quantitative estimate of drug-likeness (QED) is 0.679. The SMILES string of the molecule is Cn1c(=O)c2[nH]c(CN3CCCC(n4ccnn4)C3)nc2n(C)c1=O. The maximum Gasteiger partial charge on any atom is 0.332 e. The van der Waals surface area contributed by atoms with Gasteiger partial charge in [-0.1, -0.05) is 5.21 Å². The van der Waals surface area contributed by atoms with Crippen LogP contribution in [0, 0.1) is 0 Å². The molecule has 132 valence electrons. The van der Waals surface area contributed by atoms with E-state index in [2.05, 4.69) is 25.2 Å². The van der Waals surface area contributed by atoms with Gasteiger partial charge in [0.2, 0.25) is 0 Å². The molecule has 1 fully saturated rings. The molecular weight excluding hydrogens is 324 g/mol. The highest BCUT2D eigenvalue weighted by atomic mass is 16.2. The van der Waals surface area contributed by atoms with E-state index in [-0.39, 0.29) is 17.3 Å². The van der Waals surface area contributed by atoms with Crippen molar-refractivity contribution >= 4 is 11.2 Å². The van der Waals surface area contributed by atoms with Crippen LogP contribution in [-0.2, 0) is 20.6 Å². The summed E-state index contributed by atoms with van der Waals surface area (Å²) in [5.74, 6) is 0.688. The number of nitrogens with zero attached hydrogens (tertiary/aromatic N) is 7. The molecule has 0 amide bonds. The summed E-state index contributed by atoms with van der Waals surface area (Å²) in [4.78, 5) is 34.1. The Labute approximate surface area is 142 Å². The lowest BCUT2D eigenvalue weighted by Gasteiger charge is -2.31. The van der Waals surface area contributed by atoms with Crippen molar-refractivity contribution in [3.63, 3.8) is 0 Å². The molecule has 1 unspecified atom stereocenters. The molecular formula is C15H20N8O2. The van der Waals surface area contributed by atoms with Crippen LogP contribution < -0.4 is 11.2 Å². The van der Waals surface area contributed by atoms with Gasteiger partial charge < -0.3 is 4.98 Å². The summed E-state index contributed by atoms with van der Waals surface area (Å²) in [6.45, 7) is 2.40. The lowest BCUT2D eigenvalue weighted by molar-refractivity contribution is 0.159. The van der Waals surface area contributed by atoms with Crippen LogP contribution in [0.2, 0.25) is 0 Å². The fraction of sp³-hybridized carbons (Fsp3) is 0.533. The van der Waals surface area contributed by atoms with Crippen molar-refractivity contribution in [1.29, 1.82) is 0 Å². The van der Waals surface area contributed by atoms with Gasteiger partial charge in [-0.15, -0.1) is 5.10 Å². The second kappa shape index (κ2) is 5.96. The van der Waals surface area contributed by atoms with Gasteiger partial charge in [-0.3, -0.25) is 18.8 Å². The van der Waals surface area contributed by atoms with Gasteiger partial charge in [-0.05, 0) is 19.4 Å². The zero-order valence-electron chi connectivity index (χ0n) is 14.2. The predicted molar refractivity (Wildman–Crippen MR) is 90.1 cm³/mol. The van der Waals surface area contributed by atoms with Gasteiger partial charge in [0, 0.05) is 26.8 Å². The number of aryl methyl sites for hydroxylation is 1. The second-order valence-corrected chi connectivity index (χ2v) is 6.50. The summed E-state index contributed by atoms with van der Waals surface area (Å²) in [6.07, 6.45) is 5.70. The number of rotatable bonds is 3. The molecule has 1 saturated heterocycles. The minimum Gasteiger partial charge on any atom is -0.335 e. The highest BCUT2D eigenvalue weighted by molar-refractivity contribution is 5.69. The van der Waals surface area contributed by atoms with Crippen LogP contribution in [0.3, 0.4) is 0 Å². The molecule has 0 spiro atoms. The van der Waals surface area contributed by atoms with Crippen LogP contribution in [0.15, 0.2) is 22.0 Å². The van der Waals surface area contributed by atoms with E-state index in [1.54, 1.807) is 13.2 Å². The zero-order chi connectivity index (χ0) is 17.6. The Morgan fingerprint density at radius 1 is 1.28 bits per heavy atom. The highest BCUT2D eigenvalue weighted by Gasteiger charge is 2.23. The largest absolute Gasteiger partial charge is 0.335 e. The number of hydrogen-bond donors (Lipinski definition) is 1. The fourth-order valence-electron chi connectivity index (χ4n) is 3.46. The number of piperidine rings is 1. The molecule has 0 saturated carbocycles. The first-order valence-electron chi connectivity index (χ1n) is 8.27. The van der Waals surface area contributed by atoms with Gasteiger partial charge in [0.15, 0.2) is 5.65 Å². The Morgan fingerprint density at radius 3 is 2.88 bits per heavy atom. The number of aromatic amines is 1. The van der Waals surface area contributed by atoms with Crippen LogP contribution in [-0.4, -0.2) is 52.1 Å². The Morgan fingerprint density at radius 2 is 2.12 bits per heavy atom. The Bertz CT molecular complexity index is 1010. The molecule has 0 aliphatic carbocycles. The van der Waals surface area contributed by atoms with Crippen LogP contribution >= 0.6 is 0 Å². The van der Waals surface area contributed by atoms with Crippen molar-refractivity contribution in [1.82, 2.24) is 39.0 Å². The molecule has 0 bridgehead atoms. The van der Waals surface area contributed by atoms with Gasteiger partial charge >= 0.3 is 5.69 Å². The van der Waals surface area contributed by atoms with Crippen LogP contribution in [0.25, 0.3) is 11.2 Å². The number of fused-ring (bicyclic) bond motifs is 1. The van der Waals surface area contributed by atoms with E-state index in [4.69, 9.17) is 0 Å². The van der Waals surface area contributed by atoms with E-state index in [1.807, 2.05) is 10.9 Å². The number of hydrogen-bond acceptors (Lipinski definition) is 6. The van der Waals surface area contributed by atoms with Crippen LogP contribution in [0.4, 0.5) is 0 Å². The smallest absolute Gasteiger partial charge is 0.332 e. The van der Waals surface area contributed by atoms with E-state index < -0.39 is 0 Å². The third kappa shape index (κ3) is 2.68. The Balaban J connectivity index is 1.61. The van der Waals surface area contributed by atoms with E-state index in [0.29, 0.717) is 23.5 Å². The highest BCUT2D eigenvalue weighted by Crippen LogP contribution is 2.21. The molecule has 4 rings (SSSR count). The maximum atomic E-state index is 12.3. The molecule has 4 heterocycles. The Kier molecular flexibility index (Phi) is 3.75. The Hall–Kier alpha value is -2.75. The van der Waals surface area contributed by atoms with Crippen LogP contribution in [0.5, 0.6) is 0 Å². The third-order valence-corrected chi connectivity index (χ3v) is 4.81. The lowest BCUT2D eigenvalue weighted by Crippen LogP contribution is -2.36. The second-order valence-electron chi connectivity index (χ2n) is 6.50. The average Bonchev–Trinajstić information content (AvgIpc) is 3.28. The molecule has 1 aliphatic heterocycles. The molecule has 3 aromatic heterocycles. The van der Waals surface area contributed by atoms with E-state index >= 15 is 0 Å². The topological polar surface area (TPSA) is 107 Å². The van der Waals surface area contributed by atoms with E-state index in [1.165, 1.54) is 11.6 Å². The summed E-state index contributed by atoms with van der Waals surface area (Å²) in [6, 6.07) is 0.290. The van der Waals surface area contributed by atoms with Crippen LogP contribution in [0.1, 0.15) is 24.7 Å². The number of H-pyrrole nitrogens is 1. The molecule has 1 N–H and O–H groups in total. The first-order chi connectivity index (χ1) is 12.0. The molecule has 1 atom stereocenters. The van der Waals surface area contributed by atoms with Gasteiger partial charge in [0.05, 0.1) is 18.8 Å². The zero-order valence-corrected chi connectivity index (χ0v) is 14.2. The number of aromatic nitrogens is 7. The number of nitrogens with one attached hydrogen (secondary N) is 1. The third-order valence-electron chi connectivity index (χ3n) is 4.81. The normalized spacial score (nSPS) is 18.9. The summed E-state index contributed by atoms with van der Waals surface area (Å²) in [5, 5.41) is 7.97. The van der Waals surface area contributed by atoms with Crippen molar-refractivity contribution in [2.24, 2.45) is 14.1 Å². The molecule has 25 heavy (non-hydrogen) atoms. The van der Waals surface area contributed by atoms with Gasteiger partial charge in [-0.2, -0.15) is 0 Å². The van der Waals surface area contributed by atoms with Gasteiger partial charge in [0.1, 0.15) is 11.3 Å². The molecule has 1 aliphatic rings. The van der Waals surface area contributed by atoms with Crippen molar-refractivity contribution < 1.29 is 0 Å². The minimum atomic E-state index is -0.375. The molecule has 3 aromatic rings. The number of likely N-dealkylation sites (tertiary alicyclic amines) is 1. The first-order valence-corrected chi connectivity index (χ1v) is 8.27. The summed E-state index contributed by atoms with van der Waals surface area (Å²) >= 11 is 0. The molecule has 0 radical (unpaired) electrons. The van der Waals surface area contributed by atoms with Gasteiger partial charge in [-0.25, -0.2) is 14.5 Å². The van der Waals surface area contributed by atoms with E-state index in [9.17, 15) is 9.59 Å². The van der Waals surface area contributed by atoms with Crippen molar-refractivity contribution in [3.05, 3.63) is 39.1 Å². The fourth-order valence-corrected chi connectivity index (χ4v) is 3.46. The first kappa shape index (κ1) is 15.8. The summed E-state index contributed by atoms with van der Waals surface area (Å²) < 4.78 is 4.38. The summed E-state index contributed by atoms with van der Waals surface area (Å²) in [7, 11) is 3.09. The maximum absolute atomic E-state index is 12.3. The average molecular weight is 344 g/mol. The minimum absolute atomic E-state index is 0.290. The van der Waals surface area contributed by atoms with Crippen molar-refractivity contribution in [2.75, 3.05) is 13.1 Å². The predicted octanol–water partition coefficient (Wildman–Crippen LogP) is -0.611. The number of imidazole rings is 1. The molecule has 0 aromatic carbocycles. The summed E-state index contributed by atoms with van der Waals surface area (Å²) in [5.41, 5.74) is 0.0353. The van der Waals surface area contributed by atoms with Crippen molar-refractivity contribution in [2.45, 2.75) is 25.4 Å². The molecule has 10 heteroatoms. The molecule has 10 nitrogen and oxygen atoms in total. The van der Waals surface area contributed by atoms with Crippen molar-refractivity contribution in [3.8, 4) is 0 Å². The van der Waals surface area contributed by atoms with E-state index in [0.717, 1.165) is 30.5 Å². The lowest BCUT2D eigenvalue weighted by atomic mass is 10.1. The van der Waals surface area contributed by atoms with Gasteiger partial charge in [0.25, 0.3) is 5.56 Å².